The summed E-state index contributed by atoms with van der Waals surface area (Å²) in [6.45, 7) is 10.4. The van der Waals surface area contributed by atoms with Crippen molar-refractivity contribution in [1.29, 1.82) is 0 Å². The molecule has 0 radical (unpaired) electrons. The van der Waals surface area contributed by atoms with E-state index >= 15 is 0 Å². The Labute approximate surface area is 218 Å². The molecule has 0 spiro atoms. The monoisotopic (exact) mass is 541 g/mol. The lowest BCUT2D eigenvalue weighted by atomic mass is 10.1. The number of carbonyl (C=O) groups is 2. The Balaban J connectivity index is 2.46. The standard InChI is InChI=1S/C25H33Cl2N3O4S/c1-16-8-11-22(17(2)12-16)30(35(7,33)34)15-23(31)29(18(3)24(32)28-25(4,5)6)14-19-9-10-20(26)21(27)13-19/h8-13,18H,14-15H2,1-7H3,(H,28,32)/t18-/m0/s1. The fourth-order valence-corrected chi connectivity index (χ4v) is 4.80. The Hall–Kier alpha value is -2.29. The van der Waals surface area contributed by atoms with Gasteiger partial charge in [0.1, 0.15) is 12.6 Å². The summed E-state index contributed by atoms with van der Waals surface area (Å²) < 4.78 is 26.5. The molecule has 2 aromatic carbocycles. The Bertz CT molecular complexity index is 1210. The van der Waals surface area contributed by atoms with E-state index in [-0.39, 0.29) is 12.5 Å². The van der Waals surface area contributed by atoms with E-state index in [9.17, 15) is 18.0 Å². The van der Waals surface area contributed by atoms with Crippen LogP contribution in [0.5, 0.6) is 0 Å². The second kappa shape index (κ2) is 11.2. The van der Waals surface area contributed by atoms with E-state index < -0.39 is 34.1 Å². The molecule has 1 N–H and O–H groups in total. The van der Waals surface area contributed by atoms with Crippen LogP contribution >= 0.6 is 23.2 Å². The van der Waals surface area contributed by atoms with Crippen LogP contribution < -0.4 is 9.62 Å². The molecule has 2 rings (SSSR count). The van der Waals surface area contributed by atoms with Crippen molar-refractivity contribution in [2.24, 2.45) is 0 Å². The van der Waals surface area contributed by atoms with Crippen molar-refractivity contribution in [2.75, 3.05) is 17.1 Å². The first kappa shape index (κ1) is 28.9. The van der Waals surface area contributed by atoms with Gasteiger partial charge in [-0.3, -0.25) is 13.9 Å². The smallest absolute Gasteiger partial charge is 0.244 e. The van der Waals surface area contributed by atoms with Gasteiger partial charge in [0.05, 0.1) is 22.0 Å². The predicted octanol–water partition coefficient (Wildman–Crippen LogP) is 4.71. The van der Waals surface area contributed by atoms with Crippen molar-refractivity contribution in [2.45, 2.75) is 59.7 Å². The third-order valence-electron chi connectivity index (χ3n) is 5.30. The average molecular weight is 543 g/mol. The third-order valence-corrected chi connectivity index (χ3v) is 7.17. The van der Waals surface area contributed by atoms with E-state index in [0.29, 0.717) is 21.3 Å². The summed E-state index contributed by atoms with van der Waals surface area (Å²) >= 11 is 12.2. The number of sulfonamides is 1. The molecule has 35 heavy (non-hydrogen) atoms. The predicted molar refractivity (Wildman–Crippen MR) is 142 cm³/mol. The molecule has 0 aliphatic carbocycles. The van der Waals surface area contributed by atoms with Crippen molar-refractivity contribution < 1.29 is 18.0 Å². The van der Waals surface area contributed by atoms with Gasteiger partial charge in [-0.2, -0.15) is 0 Å². The molecule has 10 heteroatoms. The van der Waals surface area contributed by atoms with Gasteiger partial charge in [-0.15, -0.1) is 0 Å². The lowest BCUT2D eigenvalue weighted by Gasteiger charge is -2.33. The topological polar surface area (TPSA) is 86.8 Å². The maximum atomic E-state index is 13.6. The van der Waals surface area contributed by atoms with E-state index in [0.717, 1.165) is 21.7 Å². The second-order valence-corrected chi connectivity index (χ2v) is 12.5. The number of hydrogen-bond donors (Lipinski definition) is 1. The van der Waals surface area contributed by atoms with Crippen LogP contribution in [0.4, 0.5) is 5.69 Å². The number of rotatable bonds is 8. The summed E-state index contributed by atoms with van der Waals surface area (Å²) in [5, 5.41) is 3.56. The van der Waals surface area contributed by atoms with E-state index in [2.05, 4.69) is 5.32 Å². The molecule has 0 bridgehead atoms. The van der Waals surface area contributed by atoms with Gasteiger partial charge >= 0.3 is 0 Å². The van der Waals surface area contributed by atoms with Crippen LogP contribution in [0.15, 0.2) is 36.4 Å². The van der Waals surface area contributed by atoms with Gasteiger partial charge in [0.15, 0.2) is 0 Å². The van der Waals surface area contributed by atoms with Crippen molar-refractivity contribution in [1.82, 2.24) is 10.2 Å². The molecule has 2 aromatic rings. The molecule has 2 amide bonds. The highest BCUT2D eigenvalue weighted by Crippen LogP contribution is 2.26. The highest BCUT2D eigenvalue weighted by atomic mass is 35.5. The van der Waals surface area contributed by atoms with Gasteiger partial charge < -0.3 is 10.2 Å². The van der Waals surface area contributed by atoms with Crippen LogP contribution in [0.25, 0.3) is 0 Å². The normalized spacial score (nSPS) is 12.7. The van der Waals surface area contributed by atoms with E-state index in [1.807, 2.05) is 33.8 Å². The van der Waals surface area contributed by atoms with Crippen molar-refractivity contribution in [3.05, 3.63) is 63.1 Å². The first-order valence-electron chi connectivity index (χ1n) is 11.1. The fourth-order valence-electron chi connectivity index (χ4n) is 3.57. The lowest BCUT2D eigenvalue weighted by molar-refractivity contribution is -0.140. The van der Waals surface area contributed by atoms with Gasteiger partial charge in [-0.25, -0.2) is 8.42 Å². The fraction of sp³-hybridized carbons (Fsp3) is 0.440. The lowest BCUT2D eigenvalue weighted by Crippen LogP contribution is -2.54. The molecule has 0 unspecified atom stereocenters. The number of nitrogens with one attached hydrogen (secondary N) is 1. The molecule has 192 valence electrons. The zero-order chi connectivity index (χ0) is 26.7. The Morgan fingerprint density at radius 2 is 1.66 bits per heavy atom. The molecule has 0 aliphatic heterocycles. The summed E-state index contributed by atoms with van der Waals surface area (Å²) in [6, 6.07) is 9.39. The van der Waals surface area contributed by atoms with E-state index in [1.165, 1.54) is 4.90 Å². The average Bonchev–Trinajstić information content (AvgIpc) is 2.70. The van der Waals surface area contributed by atoms with E-state index in [4.69, 9.17) is 23.2 Å². The number of anilines is 1. The van der Waals surface area contributed by atoms with E-state index in [1.54, 1.807) is 44.2 Å². The molecular weight excluding hydrogens is 509 g/mol. The quantitative estimate of drug-likeness (QED) is 0.524. The number of benzene rings is 2. The number of carbonyl (C=O) groups excluding carboxylic acids is 2. The van der Waals surface area contributed by atoms with Crippen LogP contribution in [0.2, 0.25) is 10.0 Å². The molecule has 0 saturated carbocycles. The molecular formula is C25H33Cl2N3O4S. The number of halogens is 2. The van der Waals surface area contributed by atoms with Crippen LogP contribution in [0, 0.1) is 13.8 Å². The van der Waals surface area contributed by atoms with Crippen molar-refractivity contribution in [3.63, 3.8) is 0 Å². The summed E-state index contributed by atoms with van der Waals surface area (Å²) in [4.78, 5) is 27.9. The number of amides is 2. The van der Waals surface area contributed by atoms with Gasteiger partial charge in [0, 0.05) is 12.1 Å². The zero-order valence-corrected chi connectivity index (χ0v) is 23.5. The zero-order valence-electron chi connectivity index (χ0n) is 21.1. The first-order chi connectivity index (χ1) is 16.0. The Morgan fingerprint density at radius 1 is 1.03 bits per heavy atom. The Morgan fingerprint density at radius 3 is 2.17 bits per heavy atom. The largest absolute Gasteiger partial charge is 0.350 e. The highest BCUT2D eigenvalue weighted by molar-refractivity contribution is 7.92. The molecule has 0 fully saturated rings. The summed E-state index contributed by atoms with van der Waals surface area (Å²) in [7, 11) is -3.80. The first-order valence-corrected chi connectivity index (χ1v) is 13.7. The van der Waals surface area contributed by atoms with Crippen LogP contribution in [-0.2, 0) is 26.2 Å². The number of nitrogens with zero attached hydrogens (tertiary/aromatic N) is 2. The highest BCUT2D eigenvalue weighted by Gasteiger charge is 2.31. The second-order valence-electron chi connectivity index (χ2n) is 9.74. The van der Waals surface area contributed by atoms with Crippen molar-refractivity contribution in [3.8, 4) is 0 Å². The maximum absolute atomic E-state index is 13.6. The minimum absolute atomic E-state index is 0.0406. The minimum atomic E-state index is -3.80. The third kappa shape index (κ3) is 8.12. The number of aryl methyl sites for hydroxylation is 2. The van der Waals surface area contributed by atoms with Gasteiger partial charge in [0.2, 0.25) is 21.8 Å². The van der Waals surface area contributed by atoms with Crippen LogP contribution in [0.1, 0.15) is 44.4 Å². The van der Waals surface area contributed by atoms with Gasteiger partial charge in [-0.1, -0.05) is 47.0 Å². The molecule has 0 aliphatic rings. The molecule has 7 nitrogen and oxygen atoms in total. The van der Waals surface area contributed by atoms with Crippen LogP contribution in [-0.4, -0.2) is 49.5 Å². The van der Waals surface area contributed by atoms with Crippen LogP contribution in [0.3, 0.4) is 0 Å². The summed E-state index contributed by atoms with van der Waals surface area (Å²) in [6.07, 6.45) is 1.05. The summed E-state index contributed by atoms with van der Waals surface area (Å²) in [5.41, 5.74) is 2.24. The minimum Gasteiger partial charge on any atom is -0.350 e. The SMILES string of the molecule is Cc1ccc(N(CC(=O)N(Cc2ccc(Cl)c(Cl)c2)[C@@H](C)C(=O)NC(C)(C)C)S(C)(=O)=O)c(C)c1. The van der Waals surface area contributed by atoms with Gasteiger partial charge in [0.25, 0.3) is 0 Å². The maximum Gasteiger partial charge on any atom is 0.244 e. The molecule has 0 aromatic heterocycles. The molecule has 0 heterocycles. The van der Waals surface area contributed by atoms with Gasteiger partial charge in [-0.05, 0) is 70.9 Å². The Kier molecular flexibility index (Phi) is 9.25. The summed E-state index contributed by atoms with van der Waals surface area (Å²) in [5.74, 6) is -0.888. The number of hydrogen-bond acceptors (Lipinski definition) is 4. The van der Waals surface area contributed by atoms with Crippen molar-refractivity contribution >= 4 is 50.7 Å². The molecule has 1 atom stereocenters. The molecule has 0 saturated heterocycles.